The van der Waals surface area contributed by atoms with Crippen molar-refractivity contribution in [2.75, 3.05) is 18.6 Å². The summed E-state index contributed by atoms with van der Waals surface area (Å²) in [4.78, 5) is 0. The summed E-state index contributed by atoms with van der Waals surface area (Å²) in [5, 5.41) is 6.75. The largest absolute Gasteiger partial charge is 0.313 e. The molecule has 0 radical (unpaired) electrons. The molecule has 2 atom stereocenters. The van der Waals surface area contributed by atoms with Gasteiger partial charge in [0.1, 0.15) is 0 Å². The van der Waals surface area contributed by atoms with Crippen LogP contribution in [-0.2, 0) is 9.84 Å². The predicted molar refractivity (Wildman–Crippen MR) is 85.0 cm³/mol. The SMILES string of the molecule is CNC(CC1CCS(=O)(=O)C1)c1cccc2ccsc12. The van der Waals surface area contributed by atoms with E-state index < -0.39 is 9.84 Å². The van der Waals surface area contributed by atoms with Crippen LogP contribution in [0.5, 0.6) is 0 Å². The minimum absolute atomic E-state index is 0.232. The standard InChI is InChI=1S/C15H19NO2S2/c1-16-14(9-11-6-8-20(17,18)10-11)13-4-2-3-12-5-7-19-15(12)13/h2-5,7,11,14,16H,6,8-10H2,1H3. The Balaban J connectivity index is 1.85. The van der Waals surface area contributed by atoms with E-state index in [0.29, 0.717) is 11.5 Å². The van der Waals surface area contributed by atoms with Gasteiger partial charge < -0.3 is 5.32 Å². The zero-order valence-electron chi connectivity index (χ0n) is 11.5. The van der Waals surface area contributed by atoms with Gasteiger partial charge in [0.15, 0.2) is 9.84 Å². The van der Waals surface area contributed by atoms with Crippen LogP contribution in [0.15, 0.2) is 29.6 Å². The van der Waals surface area contributed by atoms with Crippen LogP contribution in [0.1, 0.15) is 24.4 Å². The molecule has 1 saturated heterocycles. The Morgan fingerprint density at radius 2 is 2.25 bits per heavy atom. The number of sulfone groups is 1. The smallest absolute Gasteiger partial charge is 0.150 e. The lowest BCUT2D eigenvalue weighted by atomic mass is 9.94. The van der Waals surface area contributed by atoms with E-state index in [0.717, 1.165) is 12.8 Å². The number of thiophene rings is 1. The van der Waals surface area contributed by atoms with Gasteiger partial charge in [0.2, 0.25) is 0 Å². The summed E-state index contributed by atoms with van der Waals surface area (Å²) in [6.07, 6.45) is 1.70. The molecule has 108 valence electrons. The number of rotatable bonds is 4. The monoisotopic (exact) mass is 309 g/mol. The molecule has 3 nitrogen and oxygen atoms in total. The molecule has 1 aromatic heterocycles. The van der Waals surface area contributed by atoms with E-state index >= 15 is 0 Å². The van der Waals surface area contributed by atoms with Crippen LogP contribution in [0.25, 0.3) is 10.1 Å². The summed E-state index contributed by atoms with van der Waals surface area (Å²) >= 11 is 1.76. The maximum Gasteiger partial charge on any atom is 0.150 e. The average Bonchev–Trinajstić information content (AvgIpc) is 3.01. The van der Waals surface area contributed by atoms with Crippen LogP contribution in [0.2, 0.25) is 0 Å². The van der Waals surface area contributed by atoms with E-state index in [1.54, 1.807) is 11.3 Å². The molecular weight excluding hydrogens is 290 g/mol. The third-order valence-electron chi connectivity index (χ3n) is 4.13. The summed E-state index contributed by atoms with van der Waals surface area (Å²) < 4.78 is 24.5. The van der Waals surface area contributed by atoms with Crippen molar-refractivity contribution in [1.29, 1.82) is 0 Å². The fourth-order valence-corrected chi connectivity index (χ4v) is 5.93. The quantitative estimate of drug-likeness (QED) is 0.944. The third kappa shape index (κ3) is 2.75. The van der Waals surface area contributed by atoms with Crippen LogP contribution in [-0.4, -0.2) is 27.0 Å². The Labute approximate surface area is 123 Å². The summed E-state index contributed by atoms with van der Waals surface area (Å²) in [5.41, 5.74) is 1.30. The molecule has 20 heavy (non-hydrogen) atoms. The van der Waals surface area contributed by atoms with Gasteiger partial charge in [-0.3, -0.25) is 0 Å². The second-order valence-corrected chi connectivity index (χ2v) is 8.68. The van der Waals surface area contributed by atoms with E-state index in [1.165, 1.54) is 15.6 Å². The molecule has 1 fully saturated rings. The highest BCUT2D eigenvalue weighted by Crippen LogP contribution is 2.34. The highest BCUT2D eigenvalue weighted by Gasteiger charge is 2.30. The minimum Gasteiger partial charge on any atom is -0.313 e. The molecule has 0 spiro atoms. The average molecular weight is 309 g/mol. The molecule has 5 heteroatoms. The van der Waals surface area contributed by atoms with Crippen molar-refractivity contribution in [3.8, 4) is 0 Å². The van der Waals surface area contributed by atoms with E-state index in [9.17, 15) is 8.42 Å². The summed E-state index contributed by atoms with van der Waals surface area (Å²) in [5.74, 6) is 0.996. The molecule has 0 aliphatic carbocycles. The van der Waals surface area contributed by atoms with Crippen LogP contribution < -0.4 is 5.32 Å². The zero-order valence-corrected chi connectivity index (χ0v) is 13.1. The lowest BCUT2D eigenvalue weighted by Crippen LogP contribution is -2.20. The summed E-state index contributed by atoms with van der Waals surface area (Å²) in [6.45, 7) is 0. The summed E-state index contributed by atoms with van der Waals surface area (Å²) in [7, 11) is -0.829. The van der Waals surface area contributed by atoms with Crippen molar-refractivity contribution in [1.82, 2.24) is 5.32 Å². The van der Waals surface area contributed by atoms with Crippen molar-refractivity contribution < 1.29 is 8.42 Å². The fraction of sp³-hybridized carbons (Fsp3) is 0.467. The molecule has 3 rings (SSSR count). The van der Waals surface area contributed by atoms with Crippen molar-refractivity contribution in [3.05, 3.63) is 35.2 Å². The second-order valence-electron chi connectivity index (χ2n) is 5.53. The van der Waals surface area contributed by atoms with Gasteiger partial charge >= 0.3 is 0 Å². The number of hydrogen-bond donors (Lipinski definition) is 1. The van der Waals surface area contributed by atoms with Gasteiger partial charge in [0, 0.05) is 10.7 Å². The lowest BCUT2D eigenvalue weighted by molar-refractivity contribution is 0.439. The molecule has 1 aliphatic heterocycles. The van der Waals surface area contributed by atoms with Gasteiger partial charge in [-0.15, -0.1) is 11.3 Å². The fourth-order valence-electron chi connectivity index (χ4n) is 3.08. The first-order chi connectivity index (χ1) is 9.59. The molecule has 2 heterocycles. The molecule has 2 unspecified atom stereocenters. The third-order valence-corrected chi connectivity index (χ3v) is 6.95. The molecule has 0 bridgehead atoms. The molecule has 2 aromatic rings. The highest BCUT2D eigenvalue weighted by molar-refractivity contribution is 7.91. The summed E-state index contributed by atoms with van der Waals surface area (Å²) in [6, 6.07) is 8.73. The van der Waals surface area contributed by atoms with Crippen LogP contribution >= 0.6 is 11.3 Å². The Kier molecular flexibility index (Phi) is 3.84. The lowest BCUT2D eigenvalue weighted by Gasteiger charge is -2.20. The first kappa shape index (κ1) is 14.0. The number of hydrogen-bond acceptors (Lipinski definition) is 4. The van der Waals surface area contributed by atoms with E-state index in [-0.39, 0.29) is 12.0 Å². The van der Waals surface area contributed by atoms with Gasteiger partial charge in [0.05, 0.1) is 11.5 Å². The Bertz CT molecular complexity index is 705. The molecule has 1 aliphatic rings. The van der Waals surface area contributed by atoms with Crippen molar-refractivity contribution >= 4 is 31.3 Å². The minimum atomic E-state index is -2.79. The molecule has 1 N–H and O–H groups in total. The Morgan fingerprint density at radius 1 is 1.40 bits per heavy atom. The van der Waals surface area contributed by atoms with Gasteiger partial charge in [-0.25, -0.2) is 8.42 Å². The number of benzene rings is 1. The Morgan fingerprint density at radius 3 is 2.95 bits per heavy atom. The highest BCUT2D eigenvalue weighted by atomic mass is 32.2. The first-order valence-electron chi connectivity index (χ1n) is 6.93. The van der Waals surface area contributed by atoms with Gasteiger partial charge in [-0.1, -0.05) is 18.2 Å². The van der Waals surface area contributed by atoms with Crippen LogP contribution in [0.3, 0.4) is 0 Å². The number of nitrogens with one attached hydrogen (secondary N) is 1. The zero-order chi connectivity index (χ0) is 14.2. The Hall–Kier alpha value is -0.910. The topological polar surface area (TPSA) is 46.2 Å². The predicted octanol–water partition coefficient (Wildman–Crippen LogP) is 2.99. The maximum absolute atomic E-state index is 11.6. The van der Waals surface area contributed by atoms with Gasteiger partial charge in [0.25, 0.3) is 0 Å². The second kappa shape index (κ2) is 5.47. The van der Waals surface area contributed by atoms with E-state index in [1.807, 2.05) is 7.05 Å². The number of fused-ring (bicyclic) bond motifs is 1. The van der Waals surface area contributed by atoms with E-state index in [2.05, 4.69) is 35.0 Å². The van der Waals surface area contributed by atoms with Crippen molar-refractivity contribution in [2.24, 2.45) is 5.92 Å². The maximum atomic E-state index is 11.6. The molecule has 0 saturated carbocycles. The van der Waals surface area contributed by atoms with Gasteiger partial charge in [-0.05, 0) is 48.2 Å². The molecular formula is C15H19NO2S2. The van der Waals surface area contributed by atoms with Gasteiger partial charge in [-0.2, -0.15) is 0 Å². The van der Waals surface area contributed by atoms with Crippen LogP contribution in [0, 0.1) is 5.92 Å². The molecule has 1 aromatic carbocycles. The van der Waals surface area contributed by atoms with Crippen molar-refractivity contribution in [2.45, 2.75) is 18.9 Å². The normalized spacial score (nSPS) is 23.1. The van der Waals surface area contributed by atoms with E-state index in [4.69, 9.17) is 0 Å². The first-order valence-corrected chi connectivity index (χ1v) is 9.63. The van der Waals surface area contributed by atoms with Crippen molar-refractivity contribution in [3.63, 3.8) is 0 Å². The molecule has 0 amide bonds. The van der Waals surface area contributed by atoms with Crippen LogP contribution in [0.4, 0.5) is 0 Å².